The maximum Gasteiger partial charge on any atom is 0.162 e. The Labute approximate surface area is 120 Å². The van der Waals surface area contributed by atoms with Gasteiger partial charge in [0.05, 0.1) is 0 Å². The molecule has 0 radical (unpaired) electrons. The topological polar surface area (TPSA) is 17.1 Å². The van der Waals surface area contributed by atoms with E-state index in [-0.39, 0.29) is 5.92 Å². The van der Waals surface area contributed by atoms with E-state index in [1.54, 1.807) is 0 Å². The number of carbonyl (C=O) groups is 1. The van der Waals surface area contributed by atoms with Crippen LogP contribution in [0.15, 0.2) is 29.8 Å². The molecule has 1 fully saturated rings. The van der Waals surface area contributed by atoms with Crippen LogP contribution in [0.25, 0.3) is 6.08 Å². The van der Waals surface area contributed by atoms with Gasteiger partial charge >= 0.3 is 0 Å². The van der Waals surface area contributed by atoms with Gasteiger partial charge in [-0.3, -0.25) is 4.79 Å². The maximum atomic E-state index is 12.6. The maximum absolute atomic E-state index is 12.6. The van der Waals surface area contributed by atoms with Crippen LogP contribution in [0.5, 0.6) is 0 Å². The highest BCUT2D eigenvalue weighted by atomic mass is 35.5. The lowest BCUT2D eigenvalue weighted by molar-refractivity contribution is -0.122. The van der Waals surface area contributed by atoms with Gasteiger partial charge in [-0.2, -0.15) is 0 Å². The molecule has 2 heteroatoms. The molecule has 0 bridgehead atoms. The molecule has 0 spiro atoms. The van der Waals surface area contributed by atoms with Crippen LogP contribution in [-0.2, 0) is 4.79 Å². The van der Waals surface area contributed by atoms with E-state index >= 15 is 0 Å². The summed E-state index contributed by atoms with van der Waals surface area (Å²) in [5.41, 5.74) is 2.04. The van der Waals surface area contributed by atoms with Crippen LogP contribution in [0.4, 0.5) is 0 Å². The molecule has 1 nitrogen and oxygen atoms in total. The van der Waals surface area contributed by atoms with Crippen LogP contribution in [-0.4, -0.2) is 5.78 Å². The molecule has 0 amide bonds. The average molecular weight is 277 g/mol. The first-order valence-corrected chi connectivity index (χ1v) is 7.38. The Morgan fingerprint density at radius 1 is 1.21 bits per heavy atom. The minimum absolute atomic E-state index is 0.190. The van der Waals surface area contributed by atoms with Crippen molar-refractivity contribution in [3.8, 4) is 0 Å². The first-order valence-electron chi connectivity index (χ1n) is 7.00. The summed E-state index contributed by atoms with van der Waals surface area (Å²) in [6.45, 7) is 6.42. The Morgan fingerprint density at radius 3 is 2.42 bits per heavy atom. The summed E-state index contributed by atoms with van der Waals surface area (Å²) in [6, 6.07) is 7.67. The number of rotatable bonds is 2. The number of hydrogen-bond acceptors (Lipinski definition) is 1. The molecule has 0 heterocycles. The molecule has 0 saturated heterocycles. The largest absolute Gasteiger partial charge is 0.294 e. The molecule has 0 unspecified atom stereocenters. The Kier molecular flexibility index (Phi) is 4.46. The van der Waals surface area contributed by atoms with Gasteiger partial charge < -0.3 is 0 Å². The van der Waals surface area contributed by atoms with E-state index in [0.29, 0.717) is 17.6 Å². The molecule has 0 aromatic heterocycles. The van der Waals surface area contributed by atoms with Gasteiger partial charge in [0.25, 0.3) is 0 Å². The normalized spacial score (nSPS) is 26.2. The second-order valence-corrected chi connectivity index (χ2v) is 6.28. The highest BCUT2D eigenvalue weighted by Gasteiger charge is 2.32. The second kappa shape index (κ2) is 5.92. The fourth-order valence-electron chi connectivity index (χ4n) is 2.76. The highest BCUT2D eigenvalue weighted by molar-refractivity contribution is 6.30. The van der Waals surface area contributed by atoms with Crippen molar-refractivity contribution in [1.82, 2.24) is 0 Å². The fourth-order valence-corrected chi connectivity index (χ4v) is 2.89. The summed E-state index contributed by atoms with van der Waals surface area (Å²) >= 11 is 5.89. The van der Waals surface area contributed by atoms with Gasteiger partial charge in [-0.1, -0.05) is 44.5 Å². The standard InChI is InChI=1S/C17H21ClO/c1-11(2)15-9-4-12(3)16(17(15)19)10-13-5-7-14(18)8-6-13/h5-8,10-12,15H,4,9H2,1-3H3/b16-10+/t12-,15-/m1/s1. The molecule has 102 valence electrons. The fraction of sp³-hybridized carbons (Fsp3) is 0.471. The number of ketones is 1. The van der Waals surface area contributed by atoms with Gasteiger partial charge in [0.1, 0.15) is 0 Å². The molecule has 19 heavy (non-hydrogen) atoms. The first-order chi connectivity index (χ1) is 8.99. The minimum atomic E-state index is 0.190. The lowest BCUT2D eigenvalue weighted by Crippen LogP contribution is -2.30. The third-order valence-electron chi connectivity index (χ3n) is 4.06. The first kappa shape index (κ1) is 14.3. The van der Waals surface area contributed by atoms with Crippen LogP contribution >= 0.6 is 11.6 Å². The van der Waals surface area contributed by atoms with Gasteiger partial charge in [-0.25, -0.2) is 0 Å². The van der Waals surface area contributed by atoms with Crippen LogP contribution in [0.2, 0.25) is 5.02 Å². The number of hydrogen-bond donors (Lipinski definition) is 0. The van der Waals surface area contributed by atoms with E-state index in [1.807, 2.05) is 30.3 Å². The lowest BCUT2D eigenvalue weighted by atomic mass is 9.73. The monoisotopic (exact) mass is 276 g/mol. The summed E-state index contributed by atoms with van der Waals surface area (Å²) < 4.78 is 0. The Hall–Kier alpha value is -1.08. The van der Waals surface area contributed by atoms with E-state index in [9.17, 15) is 4.79 Å². The van der Waals surface area contributed by atoms with Crippen molar-refractivity contribution in [3.63, 3.8) is 0 Å². The number of Topliss-reactive ketones (excluding diaryl/α,β-unsaturated/α-hetero) is 1. The molecule has 1 aliphatic carbocycles. The van der Waals surface area contributed by atoms with Gasteiger partial charge in [0.15, 0.2) is 5.78 Å². The predicted octanol–water partition coefficient (Wildman–Crippen LogP) is 4.99. The molecule has 0 N–H and O–H groups in total. The van der Waals surface area contributed by atoms with Crippen molar-refractivity contribution >= 4 is 23.5 Å². The third kappa shape index (κ3) is 3.27. The molecule has 1 aromatic rings. The van der Waals surface area contributed by atoms with Crippen LogP contribution in [0, 0.1) is 17.8 Å². The van der Waals surface area contributed by atoms with Gasteiger partial charge in [-0.05, 0) is 54.0 Å². The average Bonchev–Trinajstić information content (AvgIpc) is 2.36. The van der Waals surface area contributed by atoms with Crippen molar-refractivity contribution in [2.75, 3.05) is 0 Å². The molecule has 1 aliphatic rings. The van der Waals surface area contributed by atoms with Crippen molar-refractivity contribution in [3.05, 3.63) is 40.4 Å². The molecule has 2 atom stereocenters. The molecule has 1 saturated carbocycles. The van der Waals surface area contributed by atoms with E-state index in [4.69, 9.17) is 11.6 Å². The number of carbonyl (C=O) groups excluding carboxylic acids is 1. The quantitative estimate of drug-likeness (QED) is 0.695. The molecule has 2 rings (SSSR count). The second-order valence-electron chi connectivity index (χ2n) is 5.84. The number of benzene rings is 1. The molecular formula is C17H21ClO. The zero-order chi connectivity index (χ0) is 14.0. The highest BCUT2D eigenvalue weighted by Crippen LogP contribution is 2.35. The number of allylic oxidation sites excluding steroid dienone is 1. The van der Waals surface area contributed by atoms with Crippen molar-refractivity contribution in [2.24, 2.45) is 17.8 Å². The lowest BCUT2D eigenvalue weighted by Gasteiger charge is -2.30. The van der Waals surface area contributed by atoms with E-state index < -0.39 is 0 Å². The zero-order valence-corrected chi connectivity index (χ0v) is 12.6. The van der Waals surface area contributed by atoms with Gasteiger partial charge in [0, 0.05) is 10.9 Å². The minimum Gasteiger partial charge on any atom is -0.294 e. The SMILES string of the molecule is CC(C)[C@H]1CC[C@@H](C)/C(=C\c2ccc(Cl)cc2)C1=O. The molecule has 1 aromatic carbocycles. The van der Waals surface area contributed by atoms with Crippen molar-refractivity contribution < 1.29 is 4.79 Å². The Morgan fingerprint density at radius 2 is 1.84 bits per heavy atom. The van der Waals surface area contributed by atoms with Crippen LogP contribution in [0.3, 0.4) is 0 Å². The van der Waals surface area contributed by atoms with E-state index in [1.165, 1.54) is 0 Å². The summed E-state index contributed by atoms with van der Waals surface area (Å²) in [5, 5.41) is 0.727. The van der Waals surface area contributed by atoms with Crippen LogP contribution < -0.4 is 0 Å². The summed E-state index contributed by atoms with van der Waals surface area (Å²) in [5.74, 6) is 1.31. The van der Waals surface area contributed by atoms with Crippen molar-refractivity contribution in [1.29, 1.82) is 0 Å². The predicted molar refractivity (Wildman–Crippen MR) is 81.2 cm³/mol. The van der Waals surface area contributed by atoms with Crippen LogP contribution in [0.1, 0.15) is 39.2 Å². The molecular weight excluding hydrogens is 256 g/mol. The third-order valence-corrected chi connectivity index (χ3v) is 4.31. The summed E-state index contributed by atoms with van der Waals surface area (Å²) in [6.07, 6.45) is 4.17. The molecule has 0 aliphatic heterocycles. The van der Waals surface area contributed by atoms with Gasteiger partial charge in [0.2, 0.25) is 0 Å². The van der Waals surface area contributed by atoms with Crippen molar-refractivity contribution in [2.45, 2.75) is 33.6 Å². The zero-order valence-electron chi connectivity index (χ0n) is 11.8. The Balaban J connectivity index is 2.29. The van der Waals surface area contributed by atoms with Gasteiger partial charge in [-0.15, -0.1) is 0 Å². The number of halogens is 1. The smallest absolute Gasteiger partial charge is 0.162 e. The Bertz CT molecular complexity index is 484. The van der Waals surface area contributed by atoms with E-state index in [0.717, 1.165) is 29.0 Å². The summed E-state index contributed by atoms with van der Waals surface area (Å²) in [4.78, 5) is 12.6. The van der Waals surface area contributed by atoms with E-state index in [2.05, 4.69) is 20.8 Å². The summed E-state index contributed by atoms with van der Waals surface area (Å²) in [7, 11) is 0.